The van der Waals surface area contributed by atoms with Gasteiger partial charge in [-0.3, -0.25) is 0 Å². The van der Waals surface area contributed by atoms with Crippen molar-refractivity contribution >= 4 is 16.5 Å². The van der Waals surface area contributed by atoms with Crippen molar-refractivity contribution in [2.75, 3.05) is 24.5 Å². The Hall–Kier alpha value is -0.650. The van der Waals surface area contributed by atoms with E-state index in [1.807, 2.05) is 11.3 Å². The van der Waals surface area contributed by atoms with Crippen molar-refractivity contribution in [1.82, 2.24) is 10.3 Å². The maximum absolute atomic E-state index is 5.91. The van der Waals surface area contributed by atoms with Crippen LogP contribution in [0.15, 0.2) is 0 Å². The summed E-state index contributed by atoms with van der Waals surface area (Å²) >= 11 is 1.85. The van der Waals surface area contributed by atoms with Gasteiger partial charge >= 0.3 is 0 Å². The van der Waals surface area contributed by atoms with Gasteiger partial charge in [0.1, 0.15) is 0 Å². The van der Waals surface area contributed by atoms with Gasteiger partial charge in [0.25, 0.3) is 0 Å². The quantitative estimate of drug-likeness (QED) is 0.906. The highest BCUT2D eigenvalue weighted by molar-refractivity contribution is 7.15. The number of hydrogen-bond acceptors (Lipinski definition) is 5. The van der Waals surface area contributed by atoms with E-state index in [2.05, 4.69) is 31.0 Å². The van der Waals surface area contributed by atoms with E-state index < -0.39 is 0 Å². The molecule has 2 aliphatic rings. The summed E-state index contributed by atoms with van der Waals surface area (Å²) in [4.78, 5) is 8.62. The maximum Gasteiger partial charge on any atom is 0.186 e. The average molecular weight is 295 g/mol. The number of aromatic nitrogens is 1. The molecule has 112 valence electrons. The average Bonchev–Trinajstić information content (AvgIpc) is 2.99. The first-order valence-corrected chi connectivity index (χ1v) is 8.60. The molecule has 2 bridgehead atoms. The van der Waals surface area contributed by atoms with Crippen LogP contribution in [0.3, 0.4) is 0 Å². The fourth-order valence-electron chi connectivity index (χ4n) is 3.16. The topological polar surface area (TPSA) is 37.4 Å². The predicted molar refractivity (Wildman–Crippen MR) is 83.7 cm³/mol. The number of aryl methyl sites for hydroxylation is 1. The zero-order chi connectivity index (χ0) is 14.1. The van der Waals surface area contributed by atoms with E-state index in [0.29, 0.717) is 18.2 Å². The summed E-state index contributed by atoms with van der Waals surface area (Å²) in [7, 11) is 0. The molecule has 0 aliphatic carbocycles. The van der Waals surface area contributed by atoms with Crippen molar-refractivity contribution in [1.29, 1.82) is 0 Å². The van der Waals surface area contributed by atoms with Crippen molar-refractivity contribution in [3.63, 3.8) is 0 Å². The van der Waals surface area contributed by atoms with E-state index in [9.17, 15) is 0 Å². The van der Waals surface area contributed by atoms with Crippen LogP contribution in [0.25, 0.3) is 0 Å². The van der Waals surface area contributed by atoms with E-state index in [4.69, 9.17) is 9.72 Å². The molecule has 1 N–H and O–H groups in total. The summed E-state index contributed by atoms with van der Waals surface area (Å²) in [5.74, 6) is 0. The zero-order valence-electron chi connectivity index (χ0n) is 12.7. The highest BCUT2D eigenvalue weighted by Crippen LogP contribution is 2.35. The molecule has 0 saturated carbocycles. The molecular weight excluding hydrogens is 270 g/mol. The third-order valence-electron chi connectivity index (χ3n) is 4.23. The van der Waals surface area contributed by atoms with Gasteiger partial charge in [-0.2, -0.15) is 0 Å². The summed E-state index contributed by atoms with van der Waals surface area (Å²) in [6.45, 7) is 9.67. The number of hydrogen-bond donors (Lipinski definition) is 1. The monoisotopic (exact) mass is 295 g/mol. The van der Waals surface area contributed by atoms with Gasteiger partial charge in [0.15, 0.2) is 5.13 Å². The van der Waals surface area contributed by atoms with Gasteiger partial charge in [0, 0.05) is 24.0 Å². The Balaban J connectivity index is 1.71. The molecule has 3 heterocycles. The molecule has 3 atom stereocenters. The van der Waals surface area contributed by atoms with Gasteiger partial charge in [-0.15, -0.1) is 11.3 Å². The first-order valence-electron chi connectivity index (χ1n) is 7.78. The smallest absolute Gasteiger partial charge is 0.186 e. The SMILES string of the molecule is CCCNC(C)c1sc(N2CC3CCC(C2)O3)nc1C. The van der Waals surface area contributed by atoms with Crippen molar-refractivity contribution in [3.05, 3.63) is 10.6 Å². The Morgan fingerprint density at radius 3 is 2.75 bits per heavy atom. The van der Waals surface area contributed by atoms with Crippen LogP contribution in [0.5, 0.6) is 0 Å². The Labute approximate surface area is 125 Å². The molecule has 2 fully saturated rings. The number of ether oxygens (including phenoxy) is 1. The molecule has 1 aromatic heterocycles. The molecule has 5 heteroatoms. The molecule has 2 saturated heterocycles. The summed E-state index contributed by atoms with van der Waals surface area (Å²) in [6, 6.07) is 0.402. The lowest BCUT2D eigenvalue weighted by Gasteiger charge is -2.31. The molecule has 3 unspecified atom stereocenters. The fraction of sp³-hybridized carbons (Fsp3) is 0.800. The van der Waals surface area contributed by atoms with Crippen LogP contribution < -0.4 is 10.2 Å². The lowest BCUT2D eigenvalue weighted by Crippen LogP contribution is -2.42. The van der Waals surface area contributed by atoms with E-state index in [1.165, 1.54) is 35.0 Å². The van der Waals surface area contributed by atoms with E-state index >= 15 is 0 Å². The molecule has 2 aliphatic heterocycles. The number of nitrogens with one attached hydrogen (secondary N) is 1. The Bertz CT molecular complexity index is 450. The van der Waals surface area contributed by atoms with E-state index in [-0.39, 0.29) is 0 Å². The van der Waals surface area contributed by atoms with Gasteiger partial charge in [-0.25, -0.2) is 4.98 Å². The van der Waals surface area contributed by atoms with Crippen LogP contribution in [0.1, 0.15) is 49.7 Å². The van der Waals surface area contributed by atoms with Crippen LogP contribution in [0.2, 0.25) is 0 Å². The first kappa shape index (κ1) is 14.3. The highest BCUT2D eigenvalue weighted by Gasteiger charge is 2.35. The molecule has 3 rings (SSSR count). The summed E-state index contributed by atoms with van der Waals surface area (Å²) < 4.78 is 5.91. The molecule has 20 heavy (non-hydrogen) atoms. The second-order valence-corrected chi connectivity index (χ2v) is 6.99. The van der Waals surface area contributed by atoms with Crippen LogP contribution in [-0.2, 0) is 4.74 Å². The predicted octanol–water partition coefficient (Wildman–Crippen LogP) is 2.88. The number of fused-ring (bicyclic) bond motifs is 2. The molecule has 4 nitrogen and oxygen atoms in total. The number of rotatable bonds is 5. The van der Waals surface area contributed by atoms with Crippen LogP contribution >= 0.6 is 11.3 Å². The van der Waals surface area contributed by atoms with Gasteiger partial charge in [-0.1, -0.05) is 6.92 Å². The zero-order valence-corrected chi connectivity index (χ0v) is 13.5. The number of nitrogens with zero attached hydrogens (tertiary/aromatic N) is 2. The van der Waals surface area contributed by atoms with Crippen LogP contribution in [0, 0.1) is 6.92 Å². The molecular formula is C15H25N3OS. The van der Waals surface area contributed by atoms with E-state index in [0.717, 1.165) is 19.6 Å². The van der Waals surface area contributed by atoms with Crippen LogP contribution in [0.4, 0.5) is 5.13 Å². The Kier molecular flexibility index (Phi) is 4.29. The van der Waals surface area contributed by atoms with Gasteiger partial charge in [0.2, 0.25) is 0 Å². The van der Waals surface area contributed by atoms with Crippen molar-refractivity contribution in [3.8, 4) is 0 Å². The molecule has 0 amide bonds. The minimum atomic E-state index is 0.402. The summed E-state index contributed by atoms with van der Waals surface area (Å²) in [5.41, 5.74) is 1.18. The Morgan fingerprint density at radius 2 is 2.10 bits per heavy atom. The van der Waals surface area contributed by atoms with Crippen molar-refractivity contribution in [2.24, 2.45) is 0 Å². The Morgan fingerprint density at radius 1 is 1.40 bits per heavy atom. The third kappa shape index (κ3) is 2.85. The molecule has 0 spiro atoms. The largest absolute Gasteiger partial charge is 0.371 e. The second kappa shape index (κ2) is 6.00. The third-order valence-corrected chi connectivity index (χ3v) is 5.63. The fourth-order valence-corrected chi connectivity index (χ4v) is 4.27. The minimum Gasteiger partial charge on any atom is -0.371 e. The second-order valence-electron chi connectivity index (χ2n) is 5.98. The lowest BCUT2D eigenvalue weighted by atomic mass is 10.2. The normalized spacial score (nSPS) is 27.1. The van der Waals surface area contributed by atoms with Crippen molar-refractivity contribution in [2.45, 2.75) is 58.3 Å². The van der Waals surface area contributed by atoms with E-state index in [1.54, 1.807) is 0 Å². The first-order chi connectivity index (χ1) is 9.67. The summed E-state index contributed by atoms with van der Waals surface area (Å²) in [6.07, 6.45) is 4.45. The summed E-state index contributed by atoms with van der Waals surface area (Å²) in [5, 5.41) is 4.75. The van der Waals surface area contributed by atoms with Gasteiger partial charge in [-0.05, 0) is 39.7 Å². The molecule has 0 aromatic carbocycles. The van der Waals surface area contributed by atoms with Crippen molar-refractivity contribution < 1.29 is 4.74 Å². The highest BCUT2D eigenvalue weighted by atomic mass is 32.1. The van der Waals surface area contributed by atoms with Gasteiger partial charge in [0.05, 0.1) is 17.9 Å². The maximum atomic E-state index is 5.91. The lowest BCUT2D eigenvalue weighted by molar-refractivity contribution is 0.0305. The number of morpholine rings is 1. The standard InChI is InChI=1S/C15H25N3OS/c1-4-7-16-10(2)14-11(3)17-15(20-14)18-8-12-5-6-13(9-18)19-12/h10,12-13,16H,4-9H2,1-3H3. The molecule has 1 aromatic rings. The van der Waals surface area contributed by atoms with Crippen LogP contribution in [-0.4, -0.2) is 36.8 Å². The minimum absolute atomic E-state index is 0.402. The van der Waals surface area contributed by atoms with Gasteiger partial charge < -0.3 is 15.0 Å². The molecule has 0 radical (unpaired) electrons. The number of thiazole rings is 1. The number of anilines is 1.